The molecule has 0 aliphatic rings. The van der Waals surface area contributed by atoms with E-state index in [1.54, 1.807) is 11.8 Å². The lowest BCUT2D eigenvalue weighted by Gasteiger charge is -2.02. The van der Waals surface area contributed by atoms with Gasteiger partial charge >= 0.3 is 0 Å². The Morgan fingerprint density at radius 2 is 1.26 bits per heavy atom. The van der Waals surface area contributed by atoms with Gasteiger partial charge in [0.2, 0.25) is 0 Å². The molecule has 5 heteroatoms. The quantitative estimate of drug-likeness (QED) is 0.378. The Kier molecular flexibility index (Phi) is 13.4. The zero-order chi connectivity index (χ0) is 14.4. The molecule has 0 spiro atoms. The summed E-state index contributed by atoms with van der Waals surface area (Å²) in [7, 11) is -3.76. The zero-order valence-corrected chi connectivity index (χ0v) is 13.9. The average Bonchev–Trinajstić information content (AvgIpc) is 2.34. The average molecular weight is 311 g/mol. The summed E-state index contributed by atoms with van der Waals surface area (Å²) in [6.07, 6.45) is 13.2. The molecule has 0 amide bonds. The SMILES string of the molecule is CCCCCCCCCCCCSCCS(=O)(=O)O. The zero-order valence-electron chi connectivity index (χ0n) is 12.3. The second-order valence-corrected chi connectivity index (χ2v) is 7.88. The molecular weight excluding hydrogens is 280 g/mol. The van der Waals surface area contributed by atoms with E-state index in [9.17, 15) is 8.42 Å². The molecule has 116 valence electrons. The van der Waals surface area contributed by atoms with E-state index >= 15 is 0 Å². The lowest BCUT2D eigenvalue weighted by Crippen LogP contribution is -2.06. The van der Waals surface area contributed by atoms with Gasteiger partial charge in [-0.1, -0.05) is 64.7 Å². The van der Waals surface area contributed by atoms with Crippen molar-refractivity contribution in [3.05, 3.63) is 0 Å². The first-order chi connectivity index (χ1) is 9.06. The molecule has 0 aliphatic heterocycles. The summed E-state index contributed by atoms with van der Waals surface area (Å²) >= 11 is 1.62. The Morgan fingerprint density at radius 3 is 1.74 bits per heavy atom. The normalized spacial score (nSPS) is 11.9. The van der Waals surface area contributed by atoms with Crippen molar-refractivity contribution in [3.8, 4) is 0 Å². The molecule has 0 aromatic carbocycles. The summed E-state index contributed by atoms with van der Waals surface area (Å²) in [5, 5.41) is 0. The van der Waals surface area contributed by atoms with Gasteiger partial charge in [-0.3, -0.25) is 4.55 Å². The minimum Gasteiger partial charge on any atom is -0.286 e. The van der Waals surface area contributed by atoms with Crippen LogP contribution in [0.25, 0.3) is 0 Å². The molecule has 0 aromatic rings. The molecule has 0 unspecified atom stereocenters. The van der Waals surface area contributed by atoms with Gasteiger partial charge in [-0.2, -0.15) is 20.2 Å². The smallest absolute Gasteiger partial charge is 0.265 e. The van der Waals surface area contributed by atoms with Gasteiger partial charge in [0, 0.05) is 5.75 Å². The van der Waals surface area contributed by atoms with Gasteiger partial charge in [-0.15, -0.1) is 0 Å². The highest BCUT2D eigenvalue weighted by Gasteiger charge is 2.02. The first kappa shape index (κ1) is 19.3. The van der Waals surface area contributed by atoms with E-state index in [4.69, 9.17) is 4.55 Å². The summed E-state index contributed by atoms with van der Waals surface area (Å²) in [4.78, 5) is 0. The number of thioether (sulfide) groups is 1. The van der Waals surface area contributed by atoms with Gasteiger partial charge in [0.25, 0.3) is 10.1 Å². The van der Waals surface area contributed by atoms with E-state index in [1.807, 2.05) is 0 Å². The van der Waals surface area contributed by atoms with Crippen LogP contribution < -0.4 is 0 Å². The molecule has 0 aliphatic carbocycles. The molecule has 0 rings (SSSR count). The lowest BCUT2D eigenvalue weighted by atomic mass is 10.1. The van der Waals surface area contributed by atoms with Crippen LogP contribution in [-0.2, 0) is 10.1 Å². The third kappa shape index (κ3) is 18.3. The topological polar surface area (TPSA) is 54.4 Å². The fraction of sp³-hybridized carbons (Fsp3) is 1.00. The predicted octanol–water partition coefficient (Wildman–Crippen LogP) is 4.53. The van der Waals surface area contributed by atoms with Crippen molar-refractivity contribution in [2.45, 2.75) is 71.1 Å². The molecule has 0 aromatic heterocycles. The number of unbranched alkanes of at least 4 members (excludes halogenated alkanes) is 9. The lowest BCUT2D eigenvalue weighted by molar-refractivity contribution is 0.485. The van der Waals surface area contributed by atoms with Crippen molar-refractivity contribution < 1.29 is 13.0 Å². The maximum Gasteiger partial charge on any atom is 0.265 e. The maximum absolute atomic E-state index is 10.5. The van der Waals surface area contributed by atoms with E-state index in [-0.39, 0.29) is 5.75 Å². The van der Waals surface area contributed by atoms with E-state index < -0.39 is 10.1 Å². The second kappa shape index (κ2) is 13.3. The summed E-state index contributed by atoms with van der Waals surface area (Å²) in [5.41, 5.74) is 0. The van der Waals surface area contributed by atoms with Crippen LogP contribution in [0.1, 0.15) is 71.1 Å². The highest BCUT2D eigenvalue weighted by molar-refractivity contribution is 8.00. The van der Waals surface area contributed by atoms with Crippen LogP contribution in [0.3, 0.4) is 0 Å². The van der Waals surface area contributed by atoms with Crippen LogP contribution in [0.4, 0.5) is 0 Å². The molecule has 0 fully saturated rings. The Balaban J connectivity index is 3.03. The molecule has 1 N–H and O–H groups in total. The monoisotopic (exact) mass is 310 g/mol. The van der Waals surface area contributed by atoms with Crippen molar-refractivity contribution in [1.29, 1.82) is 0 Å². The van der Waals surface area contributed by atoms with Crippen LogP contribution in [0.2, 0.25) is 0 Å². The molecule has 0 radical (unpaired) electrons. The van der Waals surface area contributed by atoms with Crippen molar-refractivity contribution in [1.82, 2.24) is 0 Å². The standard InChI is InChI=1S/C14H30O3S2/c1-2-3-4-5-6-7-8-9-10-11-12-18-13-14-19(15,16)17/h2-14H2,1H3,(H,15,16,17). The molecule has 0 atom stereocenters. The van der Waals surface area contributed by atoms with E-state index in [0.29, 0.717) is 5.75 Å². The molecule has 3 nitrogen and oxygen atoms in total. The van der Waals surface area contributed by atoms with Crippen molar-refractivity contribution in [2.24, 2.45) is 0 Å². The van der Waals surface area contributed by atoms with E-state index in [1.165, 1.54) is 57.8 Å². The molecular formula is C14H30O3S2. The van der Waals surface area contributed by atoms with Crippen LogP contribution >= 0.6 is 11.8 Å². The summed E-state index contributed by atoms with van der Waals surface area (Å²) < 4.78 is 29.5. The van der Waals surface area contributed by atoms with Gasteiger partial charge in [0.15, 0.2) is 0 Å². The Hall–Kier alpha value is 0.260. The summed E-state index contributed by atoms with van der Waals surface area (Å²) in [5.74, 6) is 1.40. The Morgan fingerprint density at radius 1 is 0.789 bits per heavy atom. The van der Waals surface area contributed by atoms with Crippen molar-refractivity contribution in [3.63, 3.8) is 0 Å². The number of rotatable bonds is 14. The molecule has 0 bridgehead atoms. The van der Waals surface area contributed by atoms with Crippen LogP contribution in [0.15, 0.2) is 0 Å². The molecule has 0 heterocycles. The molecule has 19 heavy (non-hydrogen) atoms. The van der Waals surface area contributed by atoms with Gasteiger partial charge < -0.3 is 0 Å². The van der Waals surface area contributed by atoms with Gasteiger partial charge in [0.05, 0.1) is 5.75 Å². The third-order valence-corrected chi connectivity index (χ3v) is 5.18. The fourth-order valence-corrected chi connectivity index (χ4v) is 3.88. The van der Waals surface area contributed by atoms with Crippen molar-refractivity contribution in [2.75, 3.05) is 17.3 Å². The van der Waals surface area contributed by atoms with Crippen LogP contribution in [0, 0.1) is 0 Å². The van der Waals surface area contributed by atoms with Crippen LogP contribution in [0.5, 0.6) is 0 Å². The number of hydrogen-bond acceptors (Lipinski definition) is 3. The van der Waals surface area contributed by atoms with Gasteiger partial charge in [-0.25, -0.2) is 0 Å². The highest BCUT2D eigenvalue weighted by atomic mass is 32.2. The summed E-state index contributed by atoms with van der Waals surface area (Å²) in [6.45, 7) is 2.24. The summed E-state index contributed by atoms with van der Waals surface area (Å²) in [6, 6.07) is 0. The van der Waals surface area contributed by atoms with Gasteiger partial charge in [-0.05, 0) is 12.2 Å². The van der Waals surface area contributed by atoms with E-state index in [0.717, 1.165) is 12.2 Å². The first-order valence-corrected chi connectivity index (χ1v) is 10.4. The third-order valence-electron chi connectivity index (χ3n) is 3.13. The Bertz CT molecular complexity index is 276. The minimum absolute atomic E-state index is 0.116. The highest BCUT2D eigenvalue weighted by Crippen LogP contribution is 2.12. The van der Waals surface area contributed by atoms with Crippen molar-refractivity contribution >= 4 is 21.9 Å². The Labute approximate surface area is 123 Å². The fourth-order valence-electron chi connectivity index (χ4n) is 1.96. The number of hydrogen-bond donors (Lipinski definition) is 1. The van der Waals surface area contributed by atoms with Gasteiger partial charge in [0.1, 0.15) is 0 Å². The largest absolute Gasteiger partial charge is 0.286 e. The first-order valence-electron chi connectivity index (χ1n) is 7.59. The molecule has 0 saturated carbocycles. The van der Waals surface area contributed by atoms with E-state index in [2.05, 4.69) is 6.92 Å². The minimum atomic E-state index is -3.76. The molecule has 0 saturated heterocycles. The second-order valence-electron chi connectivity index (χ2n) is 5.08. The predicted molar refractivity (Wildman–Crippen MR) is 85.6 cm³/mol. The maximum atomic E-state index is 10.5. The van der Waals surface area contributed by atoms with Crippen LogP contribution in [-0.4, -0.2) is 30.2 Å².